The lowest BCUT2D eigenvalue weighted by Crippen LogP contribution is -2.32. The van der Waals surface area contributed by atoms with Crippen LogP contribution in [0.3, 0.4) is 0 Å². The molecule has 0 aromatic carbocycles. The number of aromatic carboxylic acids is 1. The number of hydrogen-bond acceptors (Lipinski definition) is 4. The zero-order chi connectivity index (χ0) is 14.8. The van der Waals surface area contributed by atoms with Crippen molar-refractivity contribution >= 4 is 11.8 Å². The fraction of sp³-hybridized carbons (Fsp3) is 0.600. The number of rotatable bonds is 5. The number of carbonyl (C=O) groups is 1. The van der Waals surface area contributed by atoms with Crippen LogP contribution in [0, 0.1) is 0 Å². The molecule has 2 rings (SSSR count). The van der Waals surface area contributed by atoms with Crippen molar-refractivity contribution in [1.29, 1.82) is 0 Å². The summed E-state index contributed by atoms with van der Waals surface area (Å²) in [6.45, 7) is 7.49. The molecular weight excluding hydrogens is 256 g/mol. The summed E-state index contributed by atoms with van der Waals surface area (Å²) in [5, 5.41) is 12.4. The molecule has 1 atom stereocenters. The highest BCUT2D eigenvalue weighted by molar-refractivity contribution is 5.88. The van der Waals surface area contributed by atoms with E-state index < -0.39 is 5.97 Å². The van der Waals surface area contributed by atoms with Crippen molar-refractivity contribution in [3.8, 4) is 0 Å². The summed E-state index contributed by atoms with van der Waals surface area (Å²) in [4.78, 5) is 15.6. The van der Waals surface area contributed by atoms with Crippen LogP contribution < -0.4 is 5.32 Å². The van der Waals surface area contributed by atoms with Crippen LogP contribution in [0.25, 0.3) is 0 Å². The average molecular weight is 278 g/mol. The van der Waals surface area contributed by atoms with E-state index in [0.717, 1.165) is 25.1 Å². The summed E-state index contributed by atoms with van der Waals surface area (Å²) in [6.07, 6.45) is 2.08. The molecule has 0 radical (unpaired) electrons. The second-order valence-electron chi connectivity index (χ2n) is 5.88. The van der Waals surface area contributed by atoms with Crippen molar-refractivity contribution < 1.29 is 14.6 Å². The zero-order valence-corrected chi connectivity index (χ0v) is 12.3. The van der Waals surface area contributed by atoms with Crippen molar-refractivity contribution in [2.45, 2.75) is 45.1 Å². The van der Waals surface area contributed by atoms with E-state index in [0.29, 0.717) is 12.4 Å². The highest BCUT2D eigenvalue weighted by Crippen LogP contribution is 2.25. The summed E-state index contributed by atoms with van der Waals surface area (Å²) in [5.74, 6) is -0.140. The fourth-order valence-corrected chi connectivity index (χ4v) is 2.32. The lowest BCUT2D eigenvalue weighted by molar-refractivity contribution is 0.0314. The van der Waals surface area contributed by atoms with Crippen LogP contribution in [0.1, 0.15) is 55.6 Å². The number of nitrogens with zero attached hydrogens (tertiary/aromatic N) is 1. The van der Waals surface area contributed by atoms with E-state index in [9.17, 15) is 4.79 Å². The van der Waals surface area contributed by atoms with Gasteiger partial charge in [-0.05, 0) is 37.8 Å². The molecule has 0 amide bonds. The first-order valence-corrected chi connectivity index (χ1v) is 7.03. The largest absolute Gasteiger partial charge is 0.478 e. The molecule has 1 aromatic heterocycles. The van der Waals surface area contributed by atoms with E-state index in [1.807, 2.05) is 13.8 Å². The molecule has 1 unspecified atom stereocenters. The second kappa shape index (κ2) is 5.79. The molecule has 110 valence electrons. The van der Waals surface area contributed by atoms with E-state index in [2.05, 4.69) is 17.2 Å². The summed E-state index contributed by atoms with van der Waals surface area (Å²) in [7, 11) is 0. The van der Waals surface area contributed by atoms with E-state index in [-0.39, 0.29) is 17.1 Å². The molecule has 5 heteroatoms. The Kier molecular flexibility index (Phi) is 4.28. The van der Waals surface area contributed by atoms with Crippen LogP contribution in [-0.2, 0) is 4.74 Å². The maximum Gasteiger partial charge on any atom is 0.335 e. The van der Waals surface area contributed by atoms with Gasteiger partial charge in [0.1, 0.15) is 5.82 Å². The molecular formula is C15H22N2O3. The van der Waals surface area contributed by atoms with Gasteiger partial charge in [0.25, 0.3) is 0 Å². The Hall–Kier alpha value is -1.62. The zero-order valence-electron chi connectivity index (χ0n) is 12.3. The molecule has 0 bridgehead atoms. The number of ether oxygens (including phenoxy) is 1. The molecule has 5 nitrogen and oxygen atoms in total. The van der Waals surface area contributed by atoms with Crippen LogP contribution in [-0.4, -0.2) is 34.8 Å². The van der Waals surface area contributed by atoms with E-state index in [4.69, 9.17) is 9.84 Å². The third-order valence-corrected chi connectivity index (χ3v) is 3.63. The van der Waals surface area contributed by atoms with Gasteiger partial charge in [-0.1, -0.05) is 13.8 Å². The van der Waals surface area contributed by atoms with Crippen LogP contribution >= 0.6 is 0 Å². The van der Waals surface area contributed by atoms with E-state index in [1.165, 1.54) is 0 Å². The summed E-state index contributed by atoms with van der Waals surface area (Å²) in [6, 6.07) is 3.21. The molecule has 0 aliphatic carbocycles. The minimum atomic E-state index is -0.930. The van der Waals surface area contributed by atoms with Gasteiger partial charge in [0.2, 0.25) is 0 Å². The second-order valence-corrected chi connectivity index (χ2v) is 5.88. The Bertz CT molecular complexity index is 494. The van der Waals surface area contributed by atoms with E-state index in [1.54, 1.807) is 12.1 Å². The molecule has 1 saturated heterocycles. The predicted molar refractivity (Wildman–Crippen MR) is 77.4 cm³/mol. The number of anilines is 1. The van der Waals surface area contributed by atoms with Crippen LogP contribution in [0.15, 0.2) is 12.1 Å². The number of hydrogen-bond donors (Lipinski definition) is 2. The van der Waals surface area contributed by atoms with Crippen molar-refractivity contribution in [2.75, 3.05) is 18.5 Å². The Morgan fingerprint density at radius 1 is 1.55 bits per heavy atom. The van der Waals surface area contributed by atoms with Gasteiger partial charge in [0, 0.05) is 18.8 Å². The van der Waals surface area contributed by atoms with Gasteiger partial charge in [-0.15, -0.1) is 0 Å². The van der Waals surface area contributed by atoms with Crippen LogP contribution in [0.2, 0.25) is 0 Å². The number of carboxylic acids is 1. The molecule has 1 aromatic rings. The van der Waals surface area contributed by atoms with Gasteiger partial charge in [0.15, 0.2) is 0 Å². The predicted octanol–water partition coefficient (Wildman–Crippen LogP) is 2.88. The SMILES string of the molecule is CC(C)c1cc(C(=O)O)cc(NCC2(C)CCCO2)n1. The first-order valence-electron chi connectivity index (χ1n) is 7.03. The van der Waals surface area contributed by atoms with Crippen molar-refractivity contribution in [1.82, 2.24) is 4.98 Å². The topological polar surface area (TPSA) is 71.5 Å². The summed E-state index contributed by atoms with van der Waals surface area (Å²) < 4.78 is 5.71. The highest BCUT2D eigenvalue weighted by atomic mass is 16.5. The van der Waals surface area contributed by atoms with Gasteiger partial charge in [-0.3, -0.25) is 0 Å². The lowest BCUT2D eigenvalue weighted by Gasteiger charge is -2.24. The standard InChI is InChI=1S/C15H22N2O3/c1-10(2)12-7-11(14(18)19)8-13(17-12)16-9-15(3)5-4-6-20-15/h7-8,10H,4-6,9H2,1-3H3,(H,16,17)(H,18,19). The molecule has 0 spiro atoms. The Morgan fingerprint density at radius 3 is 2.85 bits per heavy atom. The Morgan fingerprint density at radius 2 is 2.30 bits per heavy atom. The maximum absolute atomic E-state index is 11.2. The molecule has 1 fully saturated rings. The maximum atomic E-state index is 11.2. The average Bonchev–Trinajstić information content (AvgIpc) is 2.83. The third kappa shape index (κ3) is 3.48. The van der Waals surface area contributed by atoms with Crippen molar-refractivity contribution in [3.05, 3.63) is 23.4 Å². The Balaban J connectivity index is 2.15. The smallest absolute Gasteiger partial charge is 0.335 e. The first-order chi connectivity index (χ1) is 9.39. The molecule has 1 aliphatic rings. The van der Waals surface area contributed by atoms with Gasteiger partial charge in [0.05, 0.1) is 11.2 Å². The third-order valence-electron chi connectivity index (χ3n) is 3.63. The van der Waals surface area contributed by atoms with Gasteiger partial charge < -0.3 is 15.2 Å². The van der Waals surface area contributed by atoms with E-state index >= 15 is 0 Å². The molecule has 2 N–H and O–H groups in total. The minimum Gasteiger partial charge on any atom is -0.478 e. The fourth-order valence-electron chi connectivity index (χ4n) is 2.32. The van der Waals surface area contributed by atoms with Crippen LogP contribution in [0.5, 0.6) is 0 Å². The lowest BCUT2D eigenvalue weighted by atomic mass is 10.0. The monoisotopic (exact) mass is 278 g/mol. The number of aromatic nitrogens is 1. The molecule has 1 aliphatic heterocycles. The molecule has 20 heavy (non-hydrogen) atoms. The van der Waals surface area contributed by atoms with Crippen LogP contribution in [0.4, 0.5) is 5.82 Å². The number of carboxylic acid groups (broad SMARTS) is 1. The van der Waals surface area contributed by atoms with Gasteiger partial charge >= 0.3 is 5.97 Å². The Labute approximate surface area is 119 Å². The summed E-state index contributed by atoms with van der Waals surface area (Å²) in [5.41, 5.74) is 0.868. The summed E-state index contributed by atoms with van der Waals surface area (Å²) >= 11 is 0. The van der Waals surface area contributed by atoms with Crippen molar-refractivity contribution in [3.63, 3.8) is 0 Å². The quantitative estimate of drug-likeness (QED) is 0.866. The molecule has 2 heterocycles. The first kappa shape index (κ1) is 14.8. The van der Waals surface area contributed by atoms with Gasteiger partial charge in [-0.25, -0.2) is 9.78 Å². The van der Waals surface area contributed by atoms with Gasteiger partial charge in [-0.2, -0.15) is 0 Å². The normalized spacial score (nSPS) is 22.2. The number of nitrogens with one attached hydrogen (secondary N) is 1. The van der Waals surface area contributed by atoms with Crippen molar-refractivity contribution in [2.24, 2.45) is 0 Å². The minimum absolute atomic E-state index is 0.182. The molecule has 0 saturated carbocycles. The number of pyridine rings is 1. The highest BCUT2D eigenvalue weighted by Gasteiger charge is 2.29.